The average Bonchev–Trinajstić information content (AvgIpc) is 2.05. The lowest BCUT2D eigenvalue weighted by molar-refractivity contribution is -0.135. The van der Waals surface area contributed by atoms with Crippen LogP contribution in [0.3, 0.4) is 0 Å². The van der Waals surface area contributed by atoms with Gasteiger partial charge in [0.15, 0.2) is 0 Å². The van der Waals surface area contributed by atoms with E-state index < -0.39 is 5.97 Å². The van der Waals surface area contributed by atoms with Crippen molar-refractivity contribution in [3.05, 3.63) is 29.9 Å². The number of hydrogen-bond donors (Lipinski definition) is 0. The molecule has 1 heterocycles. The van der Waals surface area contributed by atoms with Crippen LogP contribution in [-0.4, -0.2) is 11.8 Å². The Bertz CT molecular complexity index is 278. The molecule has 1 aliphatic heterocycles. The molecule has 3 nitrogen and oxygen atoms in total. The van der Waals surface area contributed by atoms with E-state index in [4.69, 9.17) is 4.74 Å². The number of ketones is 1. The third-order valence-electron chi connectivity index (χ3n) is 1.79. The van der Waals surface area contributed by atoms with Crippen LogP contribution in [0.1, 0.15) is 12.8 Å². The Morgan fingerprint density at radius 3 is 3.08 bits per heavy atom. The summed E-state index contributed by atoms with van der Waals surface area (Å²) in [7, 11) is 0. The molecule has 2 radical (unpaired) electrons. The van der Waals surface area contributed by atoms with Crippen molar-refractivity contribution in [2.75, 3.05) is 0 Å². The number of allylic oxidation sites excluding steroid dienone is 2. The average molecular weight is 162 g/mol. The lowest BCUT2D eigenvalue weighted by Crippen LogP contribution is -2.17. The van der Waals surface area contributed by atoms with E-state index >= 15 is 0 Å². The monoisotopic (exact) mass is 162 g/mol. The molecule has 0 spiro atoms. The summed E-state index contributed by atoms with van der Waals surface area (Å²) in [4.78, 5) is 21.6. The van der Waals surface area contributed by atoms with E-state index in [1.54, 1.807) is 6.08 Å². The number of fused-ring (bicyclic) bond motifs is 1. The second kappa shape index (κ2) is 2.59. The minimum absolute atomic E-state index is 0.143. The van der Waals surface area contributed by atoms with Crippen molar-refractivity contribution in [3.8, 4) is 0 Å². The minimum atomic E-state index is -0.487. The number of carbonyl (C=O) groups is 2. The van der Waals surface area contributed by atoms with E-state index in [0.717, 1.165) is 5.57 Å². The Balaban J connectivity index is 2.31. The smallest absolute Gasteiger partial charge is 0.324 e. The van der Waals surface area contributed by atoms with Crippen molar-refractivity contribution in [2.24, 2.45) is 0 Å². The summed E-state index contributed by atoms with van der Waals surface area (Å²) >= 11 is 0. The van der Waals surface area contributed by atoms with Gasteiger partial charge in [-0.05, 0) is 11.6 Å². The Kier molecular flexibility index (Phi) is 1.57. The maximum Gasteiger partial charge on any atom is 0.324 e. The van der Waals surface area contributed by atoms with Crippen LogP contribution in [-0.2, 0) is 14.3 Å². The van der Waals surface area contributed by atoms with Crippen molar-refractivity contribution in [2.45, 2.75) is 12.8 Å². The molecule has 0 aromatic heterocycles. The molecule has 0 bridgehead atoms. The van der Waals surface area contributed by atoms with E-state index in [9.17, 15) is 9.59 Å². The molecule has 12 heavy (non-hydrogen) atoms. The van der Waals surface area contributed by atoms with Gasteiger partial charge in [-0.3, -0.25) is 9.59 Å². The van der Waals surface area contributed by atoms with Gasteiger partial charge < -0.3 is 4.74 Å². The molecule has 3 heteroatoms. The Labute approximate surface area is 69.7 Å². The Morgan fingerprint density at radius 1 is 1.42 bits per heavy atom. The molecule has 60 valence electrons. The van der Waals surface area contributed by atoms with Gasteiger partial charge in [0.2, 0.25) is 0 Å². The fourth-order valence-corrected chi connectivity index (χ4v) is 1.21. The van der Waals surface area contributed by atoms with Crippen LogP contribution in [0.25, 0.3) is 0 Å². The summed E-state index contributed by atoms with van der Waals surface area (Å²) < 4.78 is 4.83. The molecule has 0 saturated carbocycles. The lowest BCUT2D eigenvalue weighted by atomic mass is 9.96. The van der Waals surface area contributed by atoms with Gasteiger partial charge in [0.25, 0.3) is 0 Å². The van der Waals surface area contributed by atoms with E-state index in [1.165, 1.54) is 6.08 Å². The van der Waals surface area contributed by atoms with Gasteiger partial charge >= 0.3 is 5.97 Å². The predicted octanol–water partition coefficient (Wildman–Crippen LogP) is 0.798. The van der Waals surface area contributed by atoms with Crippen LogP contribution < -0.4 is 0 Å². The van der Waals surface area contributed by atoms with Gasteiger partial charge in [0.1, 0.15) is 18.0 Å². The molecule has 2 aliphatic rings. The van der Waals surface area contributed by atoms with Gasteiger partial charge in [-0.2, -0.15) is 0 Å². The molecule has 1 aliphatic carbocycles. The molecule has 0 atom stereocenters. The van der Waals surface area contributed by atoms with Crippen molar-refractivity contribution >= 4 is 11.8 Å². The molecular formula is C9H6O3. The quantitative estimate of drug-likeness (QED) is 0.495. The second-order valence-electron chi connectivity index (χ2n) is 2.69. The van der Waals surface area contributed by atoms with Crippen LogP contribution in [0.4, 0.5) is 0 Å². The summed E-state index contributed by atoms with van der Waals surface area (Å²) in [5.74, 6) is 0.183. The normalized spacial score (nSPS) is 22.3. The number of rotatable bonds is 0. The number of esters is 1. The maximum atomic E-state index is 10.9. The van der Waals surface area contributed by atoms with Crippen LogP contribution in [0.5, 0.6) is 0 Å². The molecule has 0 fully saturated rings. The second-order valence-corrected chi connectivity index (χ2v) is 2.69. The zero-order valence-electron chi connectivity index (χ0n) is 6.29. The molecule has 2 rings (SSSR count). The first-order valence-corrected chi connectivity index (χ1v) is 3.65. The SMILES string of the molecule is O=C1CC=C2OC(=O)[C]C=C2C1. The van der Waals surface area contributed by atoms with E-state index in [2.05, 4.69) is 6.42 Å². The zero-order chi connectivity index (χ0) is 8.55. The third-order valence-corrected chi connectivity index (χ3v) is 1.79. The van der Waals surface area contributed by atoms with Crippen LogP contribution in [0.2, 0.25) is 0 Å². The van der Waals surface area contributed by atoms with Crippen molar-refractivity contribution in [1.82, 2.24) is 0 Å². The molecule has 0 aromatic rings. The van der Waals surface area contributed by atoms with Gasteiger partial charge in [0, 0.05) is 12.8 Å². The number of carbonyl (C=O) groups excluding carboxylic acids is 2. The first-order chi connectivity index (χ1) is 5.75. The van der Waals surface area contributed by atoms with E-state index in [1.807, 2.05) is 0 Å². The van der Waals surface area contributed by atoms with Gasteiger partial charge in [-0.1, -0.05) is 6.08 Å². The minimum Gasteiger partial charge on any atom is -0.426 e. The first-order valence-electron chi connectivity index (χ1n) is 3.65. The largest absolute Gasteiger partial charge is 0.426 e. The fraction of sp³-hybridized carbons (Fsp3) is 0.222. The molecule has 0 amide bonds. The highest BCUT2D eigenvalue weighted by atomic mass is 16.5. The number of ether oxygens (including phenoxy) is 1. The molecular weight excluding hydrogens is 156 g/mol. The highest BCUT2D eigenvalue weighted by molar-refractivity contribution is 5.90. The van der Waals surface area contributed by atoms with E-state index in [0.29, 0.717) is 18.6 Å². The summed E-state index contributed by atoms with van der Waals surface area (Å²) in [5.41, 5.74) is 0.755. The molecule has 0 unspecified atom stereocenters. The van der Waals surface area contributed by atoms with Crippen LogP contribution >= 0.6 is 0 Å². The van der Waals surface area contributed by atoms with Gasteiger partial charge in [-0.15, -0.1) is 0 Å². The van der Waals surface area contributed by atoms with Crippen molar-refractivity contribution in [3.63, 3.8) is 0 Å². The van der Waals surface area contributed by atoms with E-state index in [-0.39, 0.29) is 5.78 Å². The van der Waals surface area contributed by atoms with Gasteiger partial charge in [0.05, 0.1) is 0 Å². The van der Waals surface area contributed by atoms with Crippen LogP contribution in [0, 0.1) is 6.42 Å². The highest BCUT2D eigenvalue weighted by Crippen LogP contribution is 2.26. The molecule has 0 aromatic carbocycles. The molecule has 0 saturated heterocycles. The highest BCUT2D eigenvalue weighted by Gasteiger charge is 2.23. The number of hydrogen-bond acceptors (Lipinski definition) is 3. The summed E-state index contributed by atoms with van der Waals surface area (Å²) in [6.45, 7) is 0. The Morgan fingerprint density at radius 2 is 2.25 bits per heavy atom. The fourth-order valence-electron chi connectivity index (χ4n) is 1.21. The zero-order valence-corrected chi connectivity index (χ0v) is 6.29. The summed E-state index contributed by atoms with van der Waals surface area (Å²) in [6, 6.07) is 0. The van der Waals surface area contributed by atoms with Crippen molar-refractivity contribution in [1.29, 1.82) is 0 Å². The summed E-state index contributed by atoms with van der Waals surface area (Å²) in [6.07, 6.45) is 6.26. The first kappa shape index (κ1) is 7.28. The Hall–Kier alpha value is -1.38. The third kappa shape index (κ3) is 1.18. The predicted molar refractivity (Wildman–Crippen MR) is 39.7 cm³/mol. The summed E-state index contributed by atoms with van der Waals surface area (Å²) in [5, 5.41) is 0. The standard InChI is InChI=1S/C9H6O3/c10-7-2-3-8-6(5-7)1-4-9(11)12-8/h1,3H,2,5H2. The topological polar surface area (TPSA) is 43.4 Å². The van der Waals surface area contributed by atoms with Crippen LogP contribution in [0.15, 0.2) is 23.5 Å². The lowest BCUT2D eigenvalue weighted by Gasteiger charge is -2.18. The van der Waals surface area contributed by atoms with Crippen molar-refractivity contribution < 1.29 is 14.3 Å². The molecule has 0 N–H and O–H groups in total. The van der Waals surface area contributed by atoms with Gasteiger partial charge in [-0.25, -0.2) is 0 Å². The number of Topliss-reactive ketones (excluding diaryl/α,β-unsaturated/α-hetero) is 1. The maximum absolute atomic E-state index is 10.9.